The van der Waals surface area contributed by atoms with Gasteiger partial charge in [0.25, 0.3) is 0 Å². The van der Waals surface area contributed by atoms with Crippen molar-refractivity contribution in [2.75, 3.05) is 13.1 Å². The van der Waals surface area contributed by atoms with E-state index in [4.69, 9.17) is 4.74 Å². The van der Waals surface area contributed by atoms with Crippen LogP contribution < -0.4 is 5.32 Å². The van der Waals surface area contributed by atoms with Crippen molar-refractivity contribution in [3.05, 3.63) is 11.6 Å². The van der Waals surface area contributed by atoms with E-state index in [-0.39, 0.29) is 0 Å². The second-order valence-electron chi connectivity index (χ2n) is 4.54. The molecule has 1 fully saturated rings. The van der Waals surface area contributed by atoms with Crippen LogP contribution in [0.4, 0.5) is 0 Å². The Kier molecular flexibility index (Phi) is 3.56. The van der Waals surface area contributed by atoms with E-state index in [0.717, 1.165) is 24.7 Å². The van der Waals surface area contributed by atoms with E-state index in [1.807, 2.05) is 18.5 Å². The van der Waals surface area contributed by atoms with Gasteiger partial charge < -0.3 is 14.6 Å². The molecule has 0 aliphatic carbocycles. The molecule has 1 aliphatic rings. The number of piperidine rings is 1. The standard InChI is InChI=1S/C11H20N4O/c1-8-4-5-12-6-10(8)16-7-11-14-13-9(2)15(11)3/h8,10,12H,4-7H2,1-3H3. The highest BCUT2D eigenvalue weighted by Crippen LogP contribution is 2.16. The molecule has 0 aromatic carbocycles. The second-order valence-corrected chi connectivity index (χ2v) is 4.54. The normalized spacial score (nSPS) is 25.9. The molecule has 2 unspecified atom stereocenters. The van der Waals surface area contributed by atoms with E-state index in [1.165, 1.54) is 6.42 Å². The molecule has 0 radical (unpaired) electrons. The van der Waals surface area contributed by atoms with Gasteiger partial charge >= 0.3 is 0 Å². The smallest absolute Gasteiger partial charge is 0.158 e. The highest BCUT2D eigenvalue weighted by atomic mass is 16.5. The number of hydrogen-bond acceptors (Lipinski definition) is 4. The topological polar surface area (TPSA) is 52.0 Å². The van der Waals surface area contributed by atoms with Crippen LogP contribution in [0.25, 0.3) is 0 Å². The van der Waals surface area contributed by atoms with Gasteiger partial charge in [0, 0.05) is 13.6 Å². The Morgan fingerprint density at radius 3 is 2.94 bits per heavy atom. The molecule has 16 heavy (non-hydrogen) atoms. The van der Waals surface area contributed by atoms with Crippen molar-refractivity contribution < 1.29 is 4.74 Å². The summed E-state index contributed by atoms with van der Waals surface area (Å²) >= 11 is 0. The van der Waals surface area contributed by atoms with E-state index in [1.54, 1.807) is 0 Å². The van der Waals surface area contributed by atoms with Crippen LogP contribution in [0.5, 0.6) is 0 Å². The molecule has 1 saturated heterocycles. The molecule has 0 spiro atoms. The lowest BCUT2D eigenvalue weighted by Gasteiger charge is -2.29. The molecule has 2 rings (SSSR count). The third kappa shape index (κ3) is 2.41. The van der Waals surface area contributed by atoms with Crippen molar-refractivity contribution in [3.8, 4) is 0 Å². The summed E-state index contributed by atoms with van der Waals surface area (Å²) in [6.45, 7) is 6.78. The maximum atomic E-state index is 5.89. The lowest BCUT2D eigenvalue weighted by Crippen LogP contribution is -2.41. The summed E-state index contributed by atoms with van der Waals surface area (Å²) in [6.07, 6.45) is 1.48. The number of nitrogens with one attached hydrogen (secondary N) is 1. The summed E-state index contributed by atoms with van der Waals surface area (Å²) in [5, 5.41) is 11.5. The minimum atomic E-state index is 0.297. The van der Waals surface area contributed by atoms with Crippen molar-refractivity contribution in [2.45, 2.75) is 33.0 Å². The third-order valence-electron chi connectivity index (χ3n) is 3.37. The Labute approximate surface area is 96.2 Å². The van der Waals surface area contributed by atoms with Crippen molar-refractivity contribution in [3.63, 3.8) is 0 Å². The molecular formula is C11H20N4O. The minimum absolute atomic E-state index is 0.297. The fourth-order valence-corrected chi connectivity index (χ4v) is 1.94. The Balaban J connectivity index is 1.89. The summed E-state index contributed by atoms with van der Waals surface area (Å²) < 4.78 is 7.86. The molecule has 90 valence electrons. The molecule has 0 amide bonds. The zero-order valence-electron chi connectivity index (χ0n) is 10.2. The molecular weight excluding hydrogens is 204 g/mol. The maximum absolute atomic E-state index is 5.89. The van der Waals surface area contributed by atoms with E-state index in [2.05, 4.69) is 22.4 Å². The zero-order valence-corrected chi connectivity index (χ0v) is 10.2. The number of aromatic nitrogens is 3. The number of aryl methyl sites for hydroxylation is 1. The van der Waals surface area contributed by atoms with Gasteiger partial charge in [0.15, 0.2) is 5.82 Å². The van der Waals surface area contributed by atoms with Crippen LogP contribution in [0.1, 0.15) is 25.0 Å². The van der Waals surface area contributed by atoms with Crippen molar-refractivity contribution in [2.24, 2.45) is 13.0 Å². The van der Waals surface area contributed by atoms with Crippen LogP contribution in [0.15, 0.2) is 0 Å². The quantitative estimate of drug-likeness (QED) is 0.818. The first-order valence-electron chi connectivity index (χ1n) is 5.85. The van der Waals surface area contributed by atoms with E-state index in [0.29, 0.717) is 18.6 Å². The largest absolute Gasteiger partial charge is 0.369 e. The summed E-state index contributed by atoms with van der Waals surface area (Å²) in [5.41, 5.74) is 0. The molecule has 1 N–H and O–H groups in total. The Bertz CT molecular complexity index is 350. The van der Waals surface area contributed by atoms with Crippen LogP contribution in [0.2, 0.25) is 0 Å². The van der Waals surface area contributed by atoms with Crippen LogP contribution in [-0.2, 0) is 18.4 Å². The Morgan fingerprint density at radius 1 is 1.50 bits per heavy atom. The number of nitrogens with zero attached hydrogens (tertiary/aromatic N) is 3. The van der Waals surface area contributed by atoms with Crippen molar-refractivity contribution in [1.29, 1.82) is 0 Å². The van der Waals surface area contributed by atoms with Gasteiger partial charge in [0.1, 0.15) is 12.4 Å². The summed E-state index contributed by atoms with van der Waals surface area (Å²) in [4.78, 5) is 0. The first kappa shape index (κ1) is 11.5. The summed E-state index contributed by atoms with van der Waals surface area (Å²) in [5.74, 6) is 2.44. The van der Waals surface area contributed by atoms with E-state index >= 15 is 0 Å². The van der Waals surface area contributed by atoms with Crippen LogP contribution in [0.3, 0.4) is 0 Å². The highest BCUT2D eigenvalue weighted by Gasteiger charge is 2.22. The monoisotopic (exact) mass is 224 g/mol. The lowest BCUT2D eigenvalue weighted by molar-refractivity contribution is -0.0104. The average molecular weight is 224 g/mol. The highest BCUT2D eigenvalue weighted by molar-refractivity contribution is 4.91. The molecule has 0 saturated carbocycles. The van der Waals surface area contributed by atoms with Gasteiger partial charge in [-0.25, -0.2) is 0 Å². The number of ether oxygens (including phenoxy) is 1. The predicted octanol–water partition coefficient (Wildman–Crippen LogP) is 0.638. The molecule has 1 aliphatic heterocycles. The predicted molar refractivity (Wildman–Crippen MR) is 61.0 cm³/mol. The van der Waals surface area contributed by atoms with E-state index < -0.39 is 0 Å². The number of rotatable bonds is 3. The van der Waals surface area contributed by atoms with Gasteiger partial charge in [-0.1, -0.05) is 6.92 Å². The van der Waals surface area contributed by atoms with Gasteiger partial charge in [0.05, 0.1) is 6.10 Å². The zero-order chi connectivity index (χ0) is 11.5. The van der Waals surface area contributed by atoms with Gasteiger partial charge in [-0.2, -0.15) is 0 Å². The van der Waals surface area contributed by atoms with E-state index in [9.17, 15) is 0 Å². The fourth-order valence-electron chi connectivity index (χ4n) is 1.94. The first-order valence-corrected chi connectivity index (χ1v) is 5.85. The molecule has 2 atom stereocenters. The molecule has 1 aromatic rings. The van der Waals surface area contributed by atoms with Crippen molar-refractivity contribution >= 4 is 0 Å². The minimum Gasteiger partial charge on any atom is -0.369 e. The molecule has 5 nitrogen and oxygen atoms in total. The molecule has 5 heteroatoms. The Hall–Kier alpha value is -0.940. The van der Waals surface area contributed by atoms with Crippen LogP contribution in [0, 0.1) is 12.8 Å². The van der Waals surface area contributed by atoms with Gasteiger partial charge in [-0.3, -0.25) is 0 Å². The van der Waals surface area contributed by atoms with Gasteiger partial charge in [-0.15, -0.1) is 10.2 Å². The molecule has 2 heterocycles. The lowest BCUT2D eigenvalue weighted by atomic mass is 9.97. The summed E-state index contributed by atoms with van der Waals surface area (Å²) in [7, 11) is 1.97. The Morgan fingerprint density at radius 2 is 2.31 bits per heavy atom. The first-order chi connectivity index (χ1) is 7.68. The molecule has 0 bridgehead atoms. The third-order valence-corrected chi connectivity index (χ3v) is 3.37. The average Bonchev–Trinajstić information content (AvgIpc) is 2.59. The van der Waals surface area contributed by atoms with Crippen LogP contribution >= 0.6 is 0 Å². The number of hydrogen-bond donors (Lipinski definition) is 1. The van der Waals surface area contributed by atoms with Crippen molar-refractivity contribution in [1.82, 2.24) is 20.1 Å². The summed E-state index contributed by atoms with van der Waals surface area (Å²) in [6, 6.07) is 0. The van der Waals surface area contributed by atoms with Crippen LogP contribution in [-0.4, -0.2) is 34.0 Å². The molecule has 1 aromatic heterocycles. The SMILES string of the molecule is Cc1nnc(COC2CNCCC2C)n1C. The van der Waals surface area contributed by atoms with Gasteiger partial charge in [0.2, 0.25) is 0 Å². The van der Waals surface area contributed by atoms with Gasteiger partial charge in [-0.05, 0) is 25.8 Å². The second kappa shape index (κ2) is 4.93. The maximum Gasteiger partial charge on any atom is 0.158 e. The fraction of sp³-hybridized carbons (Fsp3) is 0.818.